The number of carboxylic acid groups (broad SMARTS) is 1. The fraction of sp³-hybridized carbons (Fsp3) is 0.250. The molecule has 29 heavy (non-hydrogen) atoms. The molecule has 9 heteroatoms. The molecule has 0 fully saturated rings. The number of rotatable bonds is 7. The van der Waals surface area contributed by atoms with Crippen molar-refractivity contribution in [2.45, 2.75) is 32.0 Å². The van der Waals surface area contributed by atoms with Crippen molar-refractivity contribution in [2.24, 2.45) is 5.10 Å². The second-order valence-corrected chi connectivity index (χ2v) is 6.68. The first-order valence-corrected chi connectivity index (χ1v) is 9.00. The van der Waals surface area contributed by atoms with E-state index in [0.29, 0.717) is 11.3 Å². The van der Waals surface area contributed by atoms with Crippen molar-refractivity contribution in [1.82, 2.24) is 10.3 Å². The molecule has 9 nitrogen and oxygen atoms in total. The summed E-state index contributed by atoms with van der Waals surface area (Å²) in [5.41, 5.74) is 1.76. The van der Waals surface area contributed by atoms with Crippen LogP contribution < -0.4 is 5.32 Å². The third-order valence-electron chi connectivity index (χ3n) is 4.60. The molecular formula is C20H20N4O5. The first-order chi connectivity index (χ1) is 13.8. The summed E-state index contributed by atoms with van der Waals surface area (Å²) in [5, 5.41) is 29.1. The Bertz CT molecular complexity index is 960. The van der Waals surface area contributed by atoms with Crippen LogP contribution in [0.5, 0.6) is 0 Å². The van der Waals surface area contributed by atoms with Gasteiger partial charge in [0.05, 0.1) is 10.6 Å². The average Bonchev–Trinajstić information content (AvgIpc) is 3.12. The first-order valence-electron chi connectivity index (χ1n) is 9.00. The quantitative estimate of drug-likeness (QED) is 0.546. The Balaban J connectivity index is 1.80. The monoisotopic (exact) mass is 396 g/mol. The smallest absolute Gasteiger partial charge is 0.321 e. The van der Waals surface area contributed by atoms with Crippen LogP contribution in [0.25, 0.3) is 0 Å². The molecule has 0 spiro atoms. The zero-order valence-electron chi connectivity index (χ0n) is 15.7. The van der Waals surface area contributed by atoms with Crippen LogP contribution in [0.15, 0.2) is 59.7 Å². The molecule has 1 aliphatic rings. The minimum atomic E-state index is -1.04. The van der Waals surface area contributed by atoms with Gasteiger partial charge in [0.2, 0.25) is 5.91 Å². The molecule has 0 bridgehead atoms. The summed E-state index contributed by atoms with van der Waals surface area (Å²) in [5.74, 6) is -1.40. The zero-order chi connectivity index (χ0) is 21.0. The summed E-state index contributed by atoms with van der Waals surface area (Å²) in [6, 6.07) is 14.2. The number of nitrogens with one attached hydrogen (secondary N) is 1. The van der Waals surface area contributed by atoms with E-state index in [0.717, 1.165) is 5.56 Å². The van der Waals surface area contributed by atoms with Crippen LogP contribution >= 0.6 is 0 Å². The molecule has 0 saturated carbocycles. The highest BCUT2D eigenvalue weighted by Gasteiger charge is 2.33. The summed E-state index contributed by atoms with van der Waals surface area (Å²) in [6.07, 6.45) is -0.185. The van der Waals surface area contributed by atoms with Gasteiger partial charge < -0.3 is 5.11 Å². The van der Waals surface area contributed by atoms with Crippen molar-refractivity contribution in [1.29, 1.82) is 0 Å². The summed E-state index contributed by atoms with van der Waals surface area (Å²) in [4.78, 5) is 34.3. The SMILES string of the molecule is CC(=O)N1N=C(c2cccc([N+](=O)[O-])c2)C[C@H]1N[C@@H](Cc1ccccc1)C(=O)O. The number of aliphatic carboxylic acids is 1. The molecule has 1 amide bonds. The van der Waals surface area contributed by atoms with E-state index < -0.39 is 23.1 Å². The Hall–Kier alpha value is -3.59. The Labute approximate surface area is 166 Å². The number of nitro groups is 1. The molecule has 0 aromatic heterocycles. The average molecular weight is 396 g/mol. The van der Waals surface area contributed by atoms with Crippen molar-refractivity contribution in [3.05, 3.63) is 75.8 Å². The van der Waals surface area contributed by atoms with Gasteiger partial charge in [0, 0.05) is 31.0 Å². The highest BCUT2D eigenvalue weighted by molar-refractivity contribution is 6.03. The lowest BCUT2D eigenvalue weighted by molar-refractivity contribution is -0.384. The number of amides is 1. The van der Waals surface area contributed by atoms with Crippen molar-refractivity contribution in [2.75, 3.05) is 0 Å². The molecule has 150 valence electrons. The number of nitrogens with zero attached hydrogens (tertiary/aromatic N) is 3. The van der Waals surface area contributed by atoms with Gasteiger partial charge >= 0.3 is 5.97 Å². The minimum Gasteiger partial charge on any atom is -0.480 e. The summed E-state index contributed by atoms with van der Waals surface area (Å²) in [7, 11) is 0. The van der Waals surface area contributed by atoms with Gasteiger partial charge in [-0.1, -0.05) is 42.5 Å². The van der Waals surface area contributed by atoms with E-state index in [1.54, 1.807) is 12.1 Å². The molecular weight excluding hydrogens is 376 g/mol. The number of hydrazone groups is 1. The van der Waals surface area contributed by atoms with Crippen molar-refractivity contribution < 1.29 is 19.6 Å². The first kappa shape index (κ1) is 20.2. The largest absolute Gasteiger partial charge is 0.480 e. The molecule has 1 aliphatic heterocycles. The fourth-order valence-electron chi connectivity index (χ4n) is 3.20. The molecule has 0 saturated heterocycles. The van der Waals surface area contributed by atoms with Crippen LogP contribution in [-0.2, 0) is 16.0 Å². The van der Waals surface area contributed by atoms with Crippen LogP contribution in [-0.4, -0.2) is 44.8 Å². The highest BCUT2D eigenvalue weighted by atomic mass is 16.6. The number of hydrogen-bond acceptors (Lipinski definition) is 6. The third kappa shape index (κ3) is 4.82. The van der Waals surface area contributed by atoms with E-state index in [1.807, 2.05) is 30.3 Å². The zero-order valence-corrected chi connectivity index (χ0v) is 15.7. The Morgan fingerprint density at radius 3 is 2.62 bits per heavy atom. The second-order valence-electron chi connectivity index (χ2n) is 6.68. The van der Waals surface area contributed by atoms with Crippen molar-refractivity contribution >= 4 is 23.3 Å². The van der Waals surface area contributed by atoms with E-state index in [9.17, 15) is 24.8 Å². The molecule has 2 atom stereocenters. The second kappa shape index (κ2) is 8.61. The van der Waals surface area contributed by atoms with E-state index in [4.69, 9.17) is 0 Å². The molecule has 0 radical (unpaired) electrons. The normalized spacial score (nSPS) is 16.9. The van der Waals surface area contributed by atoms with Crippen LogP contribution in [0.4, 0.5) is 5.69 Å². The lowest BCUT2D eigenvalue weighted by Crippen LogP contribution is -2.51. The molecule has 0 unspecified atom stereocenters. The minimum absolute atomic E-state index is 0.0801. The van der Waals surface area contributed by atoms with Crippen molar-refractivity contribution in [3.8, 4) is 0 Å². The molecule has 0 aliphatic carbocycles. The van der Waals surface area contributed by atoms with Crippen LogP contribution in [0.1, 0.15) is 24.5 Å². The van der Waals surface area contributed by atoms with Gasteiger partial charge in [0.25, 0.3) is 5.69 Å². The number of non-ortho nitro benzene ring substituents is 1. The van der Waals surface area contributed by atoms with E-state index in [2.05, 4.69) is 10.4 Å². The number of hydrogen-bond donors (Lipinski definition) is 2. The maximum Gasteiger partial charge on any atom is 0.321 e. The van der Waals surface area contributed by atoms with E-state index in [1.165, 1.54) is 24.1 Å². The predicted molar refractivity (Wildman–Crippen MR) is 105 cm³/mol. The number of benzene rings is 2. The topological polar surface area (TPSA) is 125 Å². The lowest BCUT2D eigenvalue weighted by atomic mass is 10.0. The molecule has 2 aromatic carbocycles. The molecule has 2 N–H and O–H groups in total. The fourth-order valence-corrected chi connectivity index (χ4v) is 3.20. The number of carboxylic acids is 1. The van der Waals surface area contributed by atoms with Gasteiger partial charge in [0.1, 0.15) is 12.2 Å². The standard InChI is InChI=1S/C20H20N4O5/c1-13(25)23-19(21-18(20(26)27)10-14-6-3-2-4-7-14)12-17(22-23)15-8-5-9-16(11-15)24(28)29/h2-9,11,18-19,21H,10,12H2,1H3,(H,26,27)/t18-,19-/m0/s1. The maximum atomic E-state index is 12.0. The van der Waals surface area contributed by atoms with Crippen molar-refractivity contribution in [3.63, 3.8) is 0 Å². The summed E-state index contributed by atoms with van der Waals surface area (Å²) in [6.45, 7) is 1.33. The Morgan fingerprint density at radius 1 is 1.28 bits per heavy atom. The Morgan fingerprint density at radius 2 is 2.00 bits per heavy atom. The van der Waals surface area contributed by atoms with Gasteiger partial charge in [0.15, 0.2) is 0 Å². The van der Waals surface area contributed by atoms with Gasteiger partial charge in [-0.3, -0.25) is 25.0 Å². The Kier molecular flexibility index (Phi) is 5.99. The van der Waals surface area contributed by atoms with Gasteiger partial charge in [-0.2, -0.15) is 5.10 Å². The molecule has 3 rings (SSSR count). The maximum absolute atomic E-state index is 12.0. The van der Waals surface area contributed by atoms with Gasteiger partial charge in [-0.25, -0.2) is 5.01 Å². The molecule has 2 aromatic rings. The predicted octanol–water partition coefficient (Wildman–Crippen LogP) is 2.16. The summed E-state index contributed by atoms with van der Waals surface area (Å²) < 4.78 is 0. The lowest BCUT2D eigenvalue weighted by Gasteiger charge is -2.25. The van der Waals surface area contributed by atoms with Crippen LogP contribution in [0, 0.1) is 10.1 Å². The van der Waals surface area contributed by atoms with E-state index >= 15 is 0 Å². The van der Waals surface area contributed by atoms with Crippen LogP contribution in [0.2, 0.25) is 0 Å². The number of nitro benzene ring substituents is 1. The highest BCUT2D eigenvalue weighted by Crippen LogP contribution is 2.22. The van der Waals surface area contributed by atoms with Crippen LogP contribution in [0.3, 0.4) is 0 Å². The number of carbonyl (C=O) groups is 2. The summed E-state index contributed by atoms with van der Waals surface area (Å²) >= 11 is 0. The molecule has 1 heterocycles. The van der Waals surface area contributed by atoms with E-state index in [-0.39, 0.29) is 24.4 Å². The van der Waals surface area contributed by atoms with Gasteiger partial charge in [-0.05, 0) is 12.0 Å². The van der Waals surface area contributed by atoms with Gasteiger partial charge in [-0.15, -0.1) is 0 Å². The third-order valence-corrected chi connectivity index (χ3v) is 4.60. The number of carbonyl (C=O) groups excluding carboxylic acids is 1.